The minimum atomic E-state index is -0.346. The minimum absolute atomic E-state index is 0.0381. The van der Waals surface area contributed by atoms with E-state index in [1.807, 2.05) is 24.3 Å². The van der Waals surface area contributed by atoms with Crippen LogP contribution in [0.4, 0.5) is 15.8 Å². The van der Waals surface area contributed by atoms with Gasteiger partial charge < -0.3 is 15.3 Å². The molecular formula is C18H19FN2O2. The summed E-state index contributed by atoms with van der Waals surface area (Å²) in [5.41, 5.74) is 2.18. The highest BCUT2D eigenvalue weighted by Crippen LogP contribution is 2.24. The second-order valence-electron chi connectivity index (χ2n) is 5.67. The highest BCUT2D eigenvalue weighted by atomic mass is 19.1. The van der Waals surface area contributed by atoms with Crippen molar-refractivity contribution in [3.8, 4) is 0 Å². The van der Waals surface area contributed by atoms with Crippen LogP contribution in [0.2, 0.25) is 0 Å². The summed E-state index contributed by atoms with van der Waals surface area (Å²) in [4.78, 5) is 14.3. The van der Waals surface area contributed by atoms with E-state index < -0.39 is 0 Å². The molecule has 0 saturated carbocycles. The Hall–Kier alpha value is -2.40. The topological polar surface area (TPSA) is 52.6 Å². The minimum Gasteiger partial charge on any atom is -0.392 e. The maximum absolute atomic E-state index is 13.4. The van der Waals surface area contributed by atoms with E-state index in [-0.39, 0.29) is 24.4 Å². The fourth-order valence-electron chi connectivity index (χ4n) is 2.87. The van der Waals surface area contributed by atoms with Gasteiger partial charge in [-0.15, -0.1) is 0 Å². The number of rotatable bonds is 4. The van der Waals surface area contributed by atoms with E-state index in [4.69, 9.17) is 0 Å². The molecule has 0 bridgehead atoms. The van der Waals surface area contributed by atoms with E-state index >= 15 is 0 Å². The van der Waals surface area contributed by atoms with E-state index in [0.717, 1.165) is 24.1 Å². The normalized spacial score (nSPS) is 18.1. The molecule has 2 N–H and O–H groups in total. The Morgan fingerprint density at radius 1 is 1.22 bits per heavy atom. The fraction of sp³-hybridized carbons (Fsp3) is 0.278. The van der Waals surface area contributed by atoms with E-state index in [2.05, 4.69) is 5.32 Å². The molecule has 3 rings (SSSR count). The maximum atomic E-state index is 13.4. The average Bonchev–Trinajstić information content (AvgIpc) is 2.57. The summed E-state index contributed by atoms with van der Waals surface area (Å²) in [6, 6.07) is 13.1. The van der Waals surface area contributed by atoms with Crippen molar-refractivity contribution >= 4 is 17.3 Å². The number of hydrogen-bond acceptors (Lipinski definition) is 3. The van der Waals surface area contributed by atoms with Gasteiger partial charge in [-0.25, -0.2) is 4.39 Å². The molecule has 0 aromatic heterocycles. The highest BCUT2D eigenvalue weighted by Gasteiger charge is 2.29. The largest absolute Gasteiger partial charge is 0.392 e. The molecule has 2 aromatic rings. The highest BCUT2D eigenvalue weighted by molar-refractivity contribution is 5.99. The van der Waals surface area contributed by atoms with Crippen LogP contribution in [-0.2, 0) is 11.4 Å². The molecule has 120 valence electrons. The second-order valence-corrected chi connectivity index (χ2v) is 5.67. The van der Waals surface area contributed by atoms with Gasteiger partial charge in [0.2, 0.25) is 5.91 Å². The van der Waals surface area contributed by atoms with Crippen molar-refractivity contribution in [3.05, 3.63) is 59.9 Å². The van der Waals surface area contributed by atoms with Crippen LogP contribution < -0.4 is 10.2 Å². The Morgan fingerprint density at radius 2 is 2.04 bits per heavy atom. The lowest BCUT2D eigenvalue weighted by Crippen LogP contribution is -2.47. The summed E-state index contributed by atoms with van der Waals surface area (Å²) in [6.07, 6.45) is 1.58. The number of nitrogens with zero attached hydrogens (tertiary/aromatic N) is 1. The maximum Gasteiger partial charge on any atom is 0.249 e. The number of hydrogen-bond donors (Lipinski definition) is 2. The van der Waals surface area contributed by atoms with Crippen LogP contribution in [0.25, 0.3) is 0 Å². The molecular weight excluding hydrogens is 295 g/mol. The number of halogens is 1. The number of carbonyl (C=O) groups is 1. The molecule has 1 fully saturated rings. The fourth-order valence-corrected chi connectivity index (χ4v) is 2.87. The van der Waals surface area contributed by atoms with Gasteiger partial charge >= 0.3 is 0 Å². The quantitative estimate of drug-likeness (QED) is 0.912. The molecule has 4 nitrogen and oxygen atoms in total. The summed E-state index contributed by atoms with van der Waals surface area (Å²) >= 11 is 0. The molecule has 1 heterocycles. The second kappa shape index (κ2) is 6.79. The Morgan fingerprint density at radius 3 is 2.83 bits per heavy atom. The first-order valence-corrected chi connectivity index (χ1v) is 7.70. The van der Waals surface area contributed by atoms with Crippen LogP contribution in [0.15, 0.2) is 48.5 Å². The van der Waals surface area contributed by atoms with Gasteiger partial charge in [-0.2, -0.15) is 0 Å². The summed E-state index contributed by atoms with van der Waals surface area (Å²) in [6.45, 7) is 0.556. The Balaban J connectivity index is 1.77. The molecule has 1 saturated heterocycles. The third kappa shape index (κ3) is 3.51. The van der Waals surface area contributed by atoms with Crippen LogP contribution in [0.3, 0.4) is 0 Å². The number of benzene rings is 2. The number of amides is 1. The van der Waals surface area contributed by atoms with Crippen LogP contribution in [0, 0.1) is 5.82 Å². The van der Waals surface area contributed by atoms with Crippen LogP contribution in [-0.4, -0.2) is 23.6 Å². The number of aliphatic hydroxyl groups is 1. The monoisotopic (exact) mass is 314 g/mol. The van der Waals surface area contributed by atoms with Crippen LogP contribution in [0.1, 0.15) is 18.4 Å². The van der Waals surface area contributed by atoms with Crippen molar-refractivity contribution in [3.63, 3.8) is 0 Å². The van der Waals surface area contributed by atoms with Gasteiger partial charge in [0.25, 0.3) is 0 Å². The van der Waals surface area contributed by atoms with E-state index in [9.17, 15) is 14.3 Å². The van der Waals surface area contributed by atoms with Gasteiger partial charge in [-0.1, -0.05) is 18.2 Å². The first-order chi connectivity index (χ1) is 11.2. The number of carbonyl (C=O) groups excluding carboxylic acids is 1. The lowest BCUT2D eigenvalue weighted by Gasteiger charge is -2.33. The van der Waals surface area contributed by atoms with Gasteiger partial charge in [0.15, 0.2) is 0 Å². The predicted octanol–water partition coefficient (Wildman–Crippen LogP) is 2.93. The third-order valence-corrected chi connectivity index (χ3v) is 4.01. The molecule has 1 aliphatic heterocycles. The van der Waals surface area contributed by atoms with E-state index in [1.165, 1.54) is 12.1 Å². The number of piperidine rings is 1. The van der Waals surface area contributed by atoms with Crippen molar-refractivity contribution in [2.75, 3.05) is 16.8 Å². The van der Waals surface area contributed by atoms with Crippen molar-refractivity contribution in [2.45, 2.75) is 25.5 Å². The molecule has 1 atom stereocenters. The molecule has 0 spiro atoms. The zero-order valence-corrected chi connectivity index (χ0v) is 12.7. The van der Waals surface area contributed by atoms with Gasteiger partial charge in [-0.3, -0.25) is 4.79 Å². The summed E-state index contributed by atoms with van der Waals surface area (Å²) in [5.74, 6) is -0.405. The summed E-state index contributed by atoms with van der Waals surface area (Å²) < 4.78 is 13.4. The average molecular weight is 314 g/mol. The van der Waals surface area contributed by atoms with Gasteiger partial charge in [0.05, 0.1) is 6.61 Å². The van der Waals surface area contributed by atoms with Crippen LogP contribution >= 0.6 is 0 Å². The van der Waals surface area contributed by atoms with Gasteiger partial charge in [-0.05, 0) is 48.7 Å². The molecule has 0 radical (unpaired) electrons. The molecule has 0 unspecified atom stereocenters. The molecule has 2 aromatic carbocycles. The Bertz CT molecular complexity index is 705. The standard InChI is InChI=1S/C18H19FN2O2/c19-14-5-2-7-16(11-14)21-9-3-8-17(18(21)23)20-15-6-1-4-13(10-15)12-22/h1-2,4-7,10-11,17,20,22H,3,8-9,12H2/t17-/m0/s1. The van der Waals surface area contributed by atoms with Crippen molar-refractivity contribution in [2.24, 2.45) is 0 Å². The molecule has 0 aliphatic carbocycles. The zero-order chi connectivity index (χ0) is 16.2. The number of anilines is 2. The Kier molecular flexibility index (Phi) is 4.57. The number of nitrogens with one attached hydrogen (secondary N) is 1. The molecule has 23 heavy (non-hydrogen) atoms. The number of aliphatic hydroxyl groups excluding tert-OH is 1. The smallest absolute Gasteiger partial charge is 0.249 e. The lowest BCUT2D eigenvalue weighted by atomic mass is 10.0. The molecule has 1 amide bonds. The summed E-state index contributed by atoms with van der Waals surface area (Å²) in [7, 11) is 0. The van der Waals surface area contributed by atoms with Crippen LogP contribution in [0.5, 0.6) is 0 Å². The van der Waals surface area contributed by atoms with E-state index in [0.29, 0.717) is 12.2 Å². The SMILES string of the molecule is O=C1[C@@H](Nc2cccc(CO)c2)CCCN1c1cccc(F)c1. The lowest BCUT2D eigenvalue weighted by molar-refractivity contribution is -0.120. The molecule has 1 aliphatic rings. The first kappa shape index (κ1) is 15.5. The predicted molar refractivity (Wildman–Crippen MR) is 87.8 cm³/mol. The van der Waals surface area contributed by atoms with E-state index in [1.54, 1.807) is 17.0 Å². The van der Waals surface area contributed by atoms with Crippen molar-refractivity contribution in [1.29, 1.82) is 0 Å². The van der Waals surface area contributed by atoms with Crippen molar-refractivity contribution in [1.82, 2.24) is 0 Å². The molecule has 5 heteroatoms. The third-order valence-electron chi connectivity index (χ3n) is 4.01. The van der Waals surface area contributed by atoms with Gasteiger partial charge in [0, 0.05) is 17.9 Å². The van der Waals surface area contributed by atoms with Gasteiger partial charge in [0.1, 0.15) is 11.9 Å². The zero-order valence-electron chi connectivity index (χ0n) is 12.7. The van der Waals surface area contributed by atoms with Crippen molar-refractivity contribution < 1.29 is 14.3 Å². The summed E-state index contributed by atoms with van der Waals surface area (Å²) in [5, 5.41) is 12.4. The first-order valence-electron chi connectivity index (χ1n) is 7.70. The Labute approximate surface area is 134 Å².